The number of carboxylic acids is 1. The lowest BCUT2D eigenvalue weighted by Crippen LogP contribution is -2.14. The first-order valence-electron chi connectivity index (χ1n) is 6.02. The average molecular weight is 310 g/mol. The van der Waals surface area contributed by atoms with Crippen molar-refractivity contribution < 1.29 is 23.1 Å². The third kappa shape index (κ3) is 2.89. The van der Waals surface area contributed by atoms with Crippen LogP contribution in [0.5, 0.6) is 5.88 Å². The van der Waals surface area contributed by atoms with Gasteiger partial charge in [0, 0.05) is 7.05 Å². The van der Waals surface area contributed by atoms with Crippen molar-refractivity contribution in [2.75, 3.05) is 6.61 Å². The van der Waals surface area contributed by atoms with Crippen LogP contribution in [0.15, 0.2) is 40.1 Å². The van der Waals surface area contributed by atoms with E-state index in [9.17, 15) is 13.2 Å². The van der Waals surface area contributed by atoms with Crippen molar-refractivity contribution in [2.45, 2.75) is 16.7 Å². The third-order valence-corrected chi connectivity index (χ3v) is 4.67. The minimum Gasteiger partial charge on any atom is -0.479 e. The molecule has 1 N–H and O–H groups in total. The van der Waals surface area contributed by atoms with Gasteiger partial charge < -0.3 is 9.84 Å². The highest BCUT2D eigenvalue weighted by Crippen LogP contribution is 2.31. The molecule has 0 bridgehead atoms. The van der Waals surface area contributed by atoms with E-state index in [2.05, 4.69) is 5.10 Å². The highest BCUT2D eigenvalue weighted by atomic mass is 32.2. The standard InChI is InChI=1S/C13H14N2O5S/c1-9-12(13(15(2)14-9)20-8-11(16)17)21(18,19)10-6-4-3-5-7-10/h3-7H,8H2,1-2H3,(H,16,17). The fourth-order valence-corrected chi connectivity index (χ4v) is 3.54. The van der Waals surface area contributed by atoms with Gasteiger partial charge in [-0.2, -0.15) is 5.10 Å². The molecule has 1 aromatic heterocycles. The van der Waals surface area contributed by atoms with Gasteiger partial charge in [0.05, 0.1) is 10.6 Å². The number of sulfone groups is 1. The SMILES string of the molecule is Cc1nn(C)c(OCC(=O)O)c1S(=O)(=O)c1ccccc1. The molecule has 1 aromatic carbocycles. The lowest BCUT2D eigenvalue weighted by molar-refractivity contribution is -0.139. The summed E-state index contributed by atoms with van der Waals surface area (Å²) < 4.78 is 31.6. The summed E-state index contributed by atoms with van der Waals surface area (Å²) in [6.45, 7) is 0.889. The van der Waals surface area contributed by atoms with Crippen LogP contribution in [-0.4, -0.2) is 35.9 Å². The number of benzene rings is 1. The van der Waals surface area contributed by atoms with Crippen molar-refractivity contribution in [3.63, 3.8) is 0 Å². The Morgan fingerprint density at radius 3 is 2.52 bits per heavy atom. The summed E-state index contributed by atoms with van der Waals surface area (Å²) in [4.78, 5) is 10.6. The molecule has 21 heavy (non-hydrogen) atoms. The van der Waals surface area contributed by atoms with Crippen LogP contribution >= 0.6 is 0 Å². The van der Waals surface area contributed by atoms with Gasteiger partial charge in [-0.15, -0.1) is 0 Å². The fraction of sp³-hybridized carbons (Fsp3) is 0.231. The van der Waals surface area contributed by atoms with Gasteiger partial charge in [-0.3, -0.25) is 0 Å². The van der Waals surface area contributed by atoms with Crippen LogP contribution in [0.25, 0.3) is 0 Å². The molecule has 0 atom stereocenters. The van der Waals surface area contributed by atoms with Gasteiger partial charge in [0.2, 0.25) is 15.7 Å². The number of aliphatic carboxylic acids is 1. The number of rotatable bonds is 5. The van der Waals surface area contributed by atoms with Crippen molar-refractivity contribution in [2.24, 2.45) is 7.05 Å². The lowest BCUT2D eigenvalue weighted by Gasteiger charge is -2.08. The Kier molecular flexibility index (Phi) is 3.99. The van der Waals surface area contributed by atoms with Gasteiger partial charge in [0.1, 0.15) is 0 Å². The lowest BCUT2D eigenvalue weighted by atomic mass is 10.4. The van der Waals surface area contributed by atoms with E-state index in [-0.39, 0.29) is 21.4 Å². The summed E-state index contributed by atoms with van der Waals surface area (Å²) in [6, 6.07) is 7.84. The van der Waals surface area contributed by atoms with Crippen LogP contribution in [-0.2, 0) is 21.7 Å². The van der Waals surface area contributed by atoms with E-state index in [1.807, 2.05) is 0 Å². The summed E-state index contributed by atoms with van der Waals surface area (Å²) in [6.07, 6.45) is 0. The molecule has 7 nitrogen and oxygen atoms in total. The van der Waals surface area contributed by atoms with Crippen LogP contribution in [0.4, 0.5) is 0 Å². The maximum Gasteiger partial charge on any atom is 0.341 e. The minimum atomic E-state index is -3.83. The van der Waals surface area contributed by atoms with E-state index >= 15 is 0 Å². The molecule has 0 radical (unpaired) electrons. The van der Waals surface area contributed by atoms with Crippen molar-refractivity contribution >= 4 is 15.8 Å². The highest BCUT2D eigenvalue weighted by molar-refractivity contribution is 7.91. The first-order chi connectivity index (χ1) is 9.84. The maximum absolute atomic E-state index is 12.7. The number of hydrogen-bond donors (Lipinski definition) is 1. The van der Waals surface area contributed by atoms with Crippen molar-refractivity contribution in [3.05, 3.63) is 36.0 Å². The van der Waals surface area contributed by atoms with Gasteiger partial charge in [0.15, 0.2) is 11.5 Å². The summed E-state index contributed by atoms with van der Waals surface area (Å²) >= 11 is 0. The largest absolute Gasteiger partial charge is 0.479 e. The molecule has 0 saturated carbocycles. The number of carboxylic acid groups (broad SMARTS) is 1. The molecule has 0 saturated heterocycles. The molecule has 2 aromatic rings. The maximum atomic E-state index is 12.7. The molecule has 0 fully saturated rings. The van der Waals surface area contributed by atoms with E-state index < -0.39 is 22.4 Å². The first-order valence-corrected chi connectivity index (χ1v) is 7.50. The molecule has 112 valence electrons. The van der Waals surface area contributed by atoms with Gasteiger partial charge in [-0.25, -0.2) is 17.9 Å². The molecular formula is C13H14N2O5S. The fourth-order valence-electron chi connectivity index (χ4n) is 1.93. The zero-order chi connectivity index (χ0) is 15.6. The quantitative estimate of drug-likeness (QED) is 0.885. The molecular weight excluding hydrogens is 296 g/mol. The van der Waals surface area contributed by atoms with Crippen LogP contribution < -0.4 is 4.74 Å². The summed E-state index contributed by atoms with van der Waals surface area (Å²) in [7, 11) is -2.33. The first kappa shape index (κ1) is 15.0. The van der Waals surface area contributed by atoms with Crippen LogP contribution in [0, 0.1) is 6.92 Å². The van der Waals surface area contributed by atoms with E-state index in [4.69, 9.17) is 9.84 Å². The molecule has 0 aliphatic carbocycles. The molecule has 1 heterocycles. The summed E-state index contributed by atoms with van der Waals surface area (Å²) in [5.74, 6) is -1.28. The van der Waals surface area contributed by atoms with Crippen LogP contribution in [0.3, 0.4) is 0 Å². The van der Waals surface area contributed by atoms with Gasteiger partial charge >= 0.3 is 5.97 Å². The summed E-state index contributed by atoms with van der Waals surface area (Å²) in [5.41, 5.74) is 0.252. The van der Waals surface area contributed by atoms with E-state index in [1.54, 1.807) is 18.2 Å². The normalized spacial score (nSPS) is 11.3. The average Bonchev–Trinajstić information content (AvgIpc) is 2.72. The Morgan fingerprint density at radius 2 is 1.95 bits per heavy atom. The monoisotopic (exact) mass is 310 g/mol. The Labute approximate surface area is 121 Å². The number of nitrogens with zero attached hydrogens (tertiary/aromatic N) is 2. The number of ether oxygens (including phenoxy) is 1. The third-order valence-electron chi connectivity index (χ3n) is 2.77. The zero-order valence-electron chi connectivity index (χ0n) is 11.5. The van der Waals surface area contributed by atoms with E-state index in [1.165, 1.54) is 30.8 Å². The number of carbonyl (C=O) groups is 1. The molecule has 0 aliphatic rings. The van der Waals surface area contributed by atoms with Crippen molar-refractivity contribution in [3.8, 4) is 5.88 Å². The second-order valence-corrected chi connectivity index (χ2v) is 6.23. The van der Waals surface area contributed by atoms with Gasteiger partial charge in [-0.05, 0) is 19.1 Å². The Morgan fingerprint density at radius 1 is 1.33 bits per heavy atom. The number of aryl methyl sites for hydroxylation is 2. The predicted octanol–water partition coefficient (Wildman–Crippen LogP) is 1.02. The second kappa shape index (κ2) is 5.57. The molecule has 0 spiro atoms. The van der Waals surface area contributed by atoms with Gasteiger partial charge in [0.25, 0.3) is 0 Å². The van der Waals surface area contributed by atoms with E-state index in [0.29, 0.717) is 0 Å². The number of aromatic nitrogens is 2. The Bertz CT molecular complexity index is 765. The zero-order valence-corrected chi connectivity index (χ0v) is 12.3. The second-order valence-electron chi connectivity index (χ2n) is 4.34. The molecule has 0 unspecified atom stereocenters. The summed E-state index contributed by atoms with van der Waals surface area (Å²) in [5, 5.41) is 12.7. The predicted molar refractivity (Wildman–Crippen MR) is 73.0 cm³/mol. The van der Waals surface area contributed by atoms with Gasteiger partial charge in [-0.1, -0.05) is 18.2 Å². The van der Waals surface area contributed by atoms with Crippen molar-refractivity contribution in [1.29, 1.82) is 0 Å². The minimum absolute atomic E-state index is 0.0845. The Hall–Kier alpha value is -2.35. The molecule has 8 heteroatoms. The number of hydrogen-bond acceptors (Lipinski definition) is 5. The Balaban J connectivity index is 2.56. The van der Waals surface area contributed by atoms with Crippen LogP contribution in [0.1, 0.15) is 5.69 Å². The van der Waals surface area contributed by atoms with E-state index in [0.717, 1.165) is 0 Å². The molecule has 0 amide bonds. The van der Waals surface area contributed by atoms with Crippen molar-refractivity contribution in [1.82, 2.24) is 9.78 Å². The molecule has 0 aliphatic heterocycles. The molecule has 2 rings (SSSR count). The highest BCUT2D eigenvalue weighted by Gasteiger charge is 2.29. The van der Waals surface area contributed by atoms with Crippen LogP contribution in [0.2, 0.25) is 0 Å². The topological polar surface area (TPSA) is 98.5 Å². The smallest absolute Gasteiger partial charge is 0.341 e.